The molecule has 2 fully saturated rings. The van der Waals surface area contributed by atoms with Crippen molar-refractivity contribution in [3.8, 4) is 0 Å². The molecule has 0 unspecified atom stereocenters. The van der Waals surface area contributed by atoms with Gasteiger partial charge in [-0.15, -0.1) is 0 Å². The van der Waals surface area contributed by atoms with Crippen LogP contribution in [0.25, 0.3) is 6.08 Å². The highest BCUT2D eigenvalue weighted by atomic mass is 16.5. The standard InChI is InChI=1S/C19H24N2O4/c22-17(21-24)10-9-14-5-7-15(8-6-14)13-20-19(11-12-19)18(23)25-16-3-1-2-4-16/h5-10,16,20,24H,1-4,11-13H2,(H,21,22)/b10-9+. The van der Waals surface area contributed by atoms with Gasteiger partial charge in [0.15, 0.2) is 0 Å². The molecule has 6 nitrogen and oxygen atoms in total. The Balaban J connectivity index is 1.50. The number of carbonyl (C=O) groups is 2. The molecule has 0 aromatic heterocycles. The zero-order valence-electron chi connectivity index (χ0n) is 14.2. The van der Waals surface area contributed by atoms with Crippen molar-refractivity contribution in [2.75, 3.05) is 0 Å². The predicted octanol–water partition coefficient (Wildman–Crippen LogP) is 2.31. The first-order valence-corrected chi connectivity index (χ1v) is 8.78. The number of nitrogens with one attached hydrogen (secondary N) is 2. The molecule has 2 aliphatic rings. The van der Waals surface area contributed by atoms with Crippen LogP contribution in [0.4, 0.5) is 0 Å². The lowest BCUT2D eigenvalue weighted by molar-refractivity contribution is -0.152. The van der Waals surface area contributed by atoms with Gasteiger partial charge in [-0.1, -0.05) is 24.3 Å². The van der Waals surface area contributed by atoms with Crippen molar-refractivity contribution in [1.29, 1.82) is 0 Å². The zero-order valence-corrected chi connectivity index (χ0v) is 14.2. The third-order valence-corrected chi connectivity index (χ3v) is 4.86. The summed E-state index contributed by atoms with van der Waals surface area (Å²) in [5, 5.41) is 11.8. The molecule has 134 valence electrons. The Kier molecular flexibility index (Phi) is 5.50. The molecule has 6 heteroatoms. The van der Waals surface area contributed by atoms with E-state index in [2.05, 4.69) is 5.32 Å². The maximum atomic E-state index is 12.4. The Morgan fingerprint density at radius 2 is 1.88 bits per heavy atom. The van der Waals surface area contributed by atoms with Crippen molar-refractivity contribution in [3.63, 3.8) is 0 Å². The van der Waals surface area contributed by atoms with Gasteiger partial charge in [0.1, 0.15) is 11.6 Å². The van der Waals surface area contributed by atoms with Crippen LogP contribution in [-0.2, 0) is 20.9 Å². The lowest BCUT2D eigenvalue weighted by atomic mass is 10.1. The highest BCUT2D eigenvalue weighted by Crippen LogP contribution is 2.38. The van der Waals surface area contributed by atoms with E-state index in [1.807, 2.05) is 24.3 Å². The quantitative estimate of drug-likeness (QED) is 0.306. The Hall–Kier alpha value is -2.18. The van der Waals surface area contributed by atoms with Crippen LogP contribution in [0.5, 0.6) is 0 Å². The second kappa shape index (κ2) is 7.80. The van der Waals surface area contributed by atoms with Gasteiger partial charge in [0.2, 0.25) is 0 Å². The van der Waals surface area contributed by atoms with Gasteiger partial charge in [0.25, 0.3) is 5.91 Å². The smallest absolute Gasteiger partial charge is 0.326 e. The summed E-state index contributed by atoms with van der Waals surface area (Å²) >= 11 is 0. The summed E-state index contributed by atoms with van der Waals surface area (Å²) in [6, 6.07) is 7.66. The topological polar surface area (TPSA) is 87.7 Å². The van der Waals surface area contributed by atoms with Gasteiger partial charge in [-0.2, -0.15) is 0 Å². The van der Waals surface area contributed by atoms with Crippen LogP contribution in [0.2, 0.25) is 0 Å². The predicted molar refractivity (Wildman–Crippen MR) is 92.6 cm³/mol. The molecule has 3 rings (SSSR count). The van der Waals surface area contributed by atoms with Crippen LogP contribution < -0.4 is 10.8 Å². The van der Waals surface area contributed by atoms with Crippen molar-refractivity contribution in [2.24, 2.45) is 0 Å². The zero-order chi connectivity index (χ0) is 17.7. The van der Waals surface area contributed by atoms with Crippen molar-refractivity contribution >= 4 is 18.0 Å². The van der Waals surface area contributed by atoms with E-state index in [4.69, 9.17) is 9.94 Å². The summed E-state index contributed by atoms with van der Waals surface area (Å²) in [4.78, 5) is 23.3. The van der Waals surface area contributed by atoms with E-state index in [0.29, 0.717) is 6.54 Å². The lowest BCUT2D eigenvalue weighted by Gasteiger charge is -2.19. The van der Waals surface area contributed by atoms with E-state index >= 15 is 0 Å². The summed E-state index contributed by atoms with van der Waals surface area (Å²) in [5.74, 6) is -0.670. The molecule has 1 aromatic carbocycles. The van der Waals surface area contributed by atoms with E-state index in [1.165, 1.54) is 6.08 Å². The number of hydroxylamine groups is 1. The average molecular weight is 344 g/mol. The molecule has 0 saturated heterocycles. The van der Waals surface area contributed by atoms with Crippen molar-refractivity contribution in [3.05, 3.63) is 41.5 Å². The molecule has 0 spiro atoms. The molecule has 25 heavy (non-hydrogen) atoms. The molecule has 0 radical (unpaired) electrons. The number of esters is 1. The summed E-state index contributed by atoms with van der Waals surface area (Å²) in [6.07, 6.45) is 8.92. The van der Waals surface area contributed by atoms with Gasteiger partial charge in [0, 0.05) is 12.6 Å². The number of hydrogen-bond donors (Lipinski definition) is 3. The fraction of sp³-hybridized carbons (Fsp3) is 0.474. The van der Waals surface area contributed by atoms with Crippen LogP contribution in [0, 0.1) is 0 Å². The van der Waals surface area contributed by atoms with Gasteiger partial charge in [-0.25, -0.2) is 5.48 Å². The highest BCUT2D eigenvalue weighted by Gasteiger charge is 2.51. The number of amides is 1. The van der Waals surface area contributed by atoms with E-state index in [0.717, 1.165) is 49.7 Å². The van der Waals surface area contributed by atoms with Crippen LogP contribution >= 0.6 is 0 Å². The maximum Gasteiger partial charge on any atom is 0.326 e. The van der Waals surface area contributed by atoms with Crippen molar-refractivity contribution < 1.29 is 19.5 Å². The van der Waals surface area contributed by atoms with E-state index in [1.54, 1.807) is 11.6 Å². The molecule has 0 heterocycles. The molecule has 3 N–H and O–H groups in total. The fourth-order valence-corrected chi connectivity index (χ4v) is 3.08. The molecule has 1 aromatic rings. The number of rotatable bonds is 7. The number of carbonyl (C=O) groups excluding carboxylic acids is 2. The fourth-order valence-electron chi connectivity index (χ4n) is 3.08. The SMILES string of the molecule is O=C(/C=C/c1ccc(CNC2(C(=O)OC3CCCC3)CC2)cc1)NO. The Morgan fingerprint density at radius 1 is 1.20 bits per heavy atom. The molecule has 1 amide bonds. The van der Waals surface area contributed by atoms with Crippen LogP contribution in [0.3, 0.4) is 0 Å². The monoisotopic (exact) mass is 344 g/mol. The van der Waals surface area contributed by atoms with Crippen LogP contribution in [-0.4, -0.2) is 28.7 Å². The normalized spacial score (nSPS) is 19.1. The Bertz CT molecular complexity index is 644. The minimum atomic E-state index is -0.567. The van der Waals surface area contributed by atoms with Crippen LogP contribution in [0.1, 0.15) is 49.7 Å². The van der Waals surface area contributed by atoms with Gasteiger partial charge < -0.3 is 4.74 Å². The molecular formula is C19H24N2O4. The average Bonchev–Trinajstić information content (AvgIpc) is 3.27. The number of hydrogen-bond acceptors (Lipinski definition) is 5. The van der Waals surface area contributed by atoms with E-state index in [9.17, 15) is 9.59 Å². The van der Waals surface area contributed by atoms with E-state index < -0.39 is 11.4 Å². The minimum Gasteiger partial charge on any atom is -0.461 e. The molecule has 0 bridgehead atoms. The summed E-state index contributed by atoms with van der Waals surface area (Å²) in [6.45, 7) is 0.598. The Labute approximate surface area is 147 Å². The van der Waals surface area contributed by atoms with Gasteiger partial charge in [-0.05, 0) is 55.7 Å². The third kappa shape index (κ3) is 4.67. The number of ether oxygens (including phenoxy) is 1. The maximum absolute atomic E-state index is 12.4. The second-order valence-electron chi connectivity index (χ2n) is 6.80. The third-order valence-electron chi connectivity index (χ3n) is 4.86. The van der Waals surface area contributed by atoms with Gasteiger partial charge >= 0.3 is 5.97 Å². The van der Waals surface area contributed by atoms with Gasteiger partial charge in [-0.3, -0.25) is 20.1 Å². The van der Waals surface area contributed by atoms with Gasteiger partial charge in [0.05, 0.1) is 0 Å². The number of benzene rings is 1. The summed E-state index contributed by atoms with van der Waals surface area (Å²) in [7, 11) is 0. The molecular weight excluding hydrogens is 320 g/mol. The van der Waals surface area contributed by atoms with Crippen molar-refractivity contribution in [2.45, 2.75) is 56.7 Å². The Morgan fingerprint density at radius 3 is 2.48 bits per heavy atom. The molecule has 0 atom stereocenters. The first kappa shape index (κ1) is 17.6. The second-order valence-corrected chi connectivity index (χ2v) is 6.80. The van der Waals surface area contributed by atoms with E-state index in [-0.39, 0.29) is 12.1 Å². The lowest BCUT2D eigenvalue weighted by Crippen LogP contribution is -2.41. The first-order valence-electron chi connectivity index (χ1n) is 8.78. The summed E-state index contributed by atoms with van der Waals surface area (Å²) in [5.41, 5.74) is 2.96. The molecule has 2 aliphatic carbocycles. The largest absolute Gasteiger partial charge is 0.461 e. The molecule has 2 saturated carbocycles. The van der Waals surface area contributed by atoms with Crippen LogP contribution in [0.15, 0.2) is 30.3 Å². The summed E-state index contributed by atoms with van der Waals surface area (Å²) < 4.78 is 5.64. The minimum absolute atomic E-state index is 0.103. The highest BCUT2D eigenvalue weighted by molar-refractivity contribution is 5.90. The molecule has 0 aliphatic heterocycles. The first-order chi connectivity index (χ1) is 12.1. The van der Waals surface area contributed by atoms with Crippen molar-refractivity contribution in [1.82, 2.24) is 10.8 Å².